The van der Waals surface area contributed by atoms with Crippen LogP contribution in [-0.2, 0) is 6.54 Å². The molecule has 7 heteroatoms. The second-order valence-corrected chi connectivity index (χ2v) is 2.81. The normalized spacial score (nSPS) is 9.67. The van der Waals surface area contributed by atoms with Gasteiger partial charge in [0, 0.05) is 26.3 Å². The number of carbonyl (C=O) groups is 2. The zero-order valence-corrected chi connectivity index (χ0v) is 8.23. The maximum atomic E-state index is 10.8. The zero-order valence-electron chi connectivity index (χ0n) is 8.23. The third-order valence-electron chi connectivity index (χ3n) is 1.73. The molecule has 2 amide bonds. The second kappa shape index (κ2) is 4.99. The van der Waals surface area contributed by atoms with Crippen molar-refractivity contribution in [3.8, 4) is 0 Å². The minimum atomic E-state index is -1.06. The Balaban J connectivity index is 2.38. The van der Waals surface area contributed by atoms with Crippen LogP contribution in [0.5, 0.6) is 0 Å². The van der Waals surface area contributed by atoms with Crippen molar-refractivity contribution in [1.29, 1.82) is 0 Å². The molecule has 82 valence electrons. The molecule has 0 bridgehead atoms. The molecule has 0 aromatic carbocycles. The summed E-state index contributed by atoms with van der Waals surface area (Å²) in [5.74, 6) is -1.06. The lowest BCUT2D eigenvalue weighted by atomic mass is 10.5. The quantitative estimate of drug-likeness (QED) is 0.627. The van der Waals surface area contributed by atoms with Crippen molar-refractivity contribution in [2.45, 2.75) is 6.54 Å². The van der Waals surface area contributed by atoms with Crippen LogP contribution in [0.1, 0.15) is 10.5 Å². The standard InChI is InChI=1S/C8H12N4O3/c1-9-8(15)10-2-3-12-4-6(7(13)14)11-5-12/h4-5H,2-3H2,1H3,(H,13,14)(H2,9,10,15). The molecule has 0 aliphatic carbocycles. The third kappa shape index (κ3) is 3.29. The van der Waals surface area contributed by atoms with E-state index in [1.165, 1.54) is 19.6 Å². The lowest BCUT2D eigenvalue weighted by Gasteiger charge is -2.03. The molecule has 0 fully saturated rings. The van der Waals surface area contributed by atoms with Gasteiger partial charge in [0.1, 0.15) is 0 Å². The molecule has 0 radical (unpaired) electrons. The number of amides is 2. The highest BCUT2D eigenvalue weighted by molar-refractivity contribution is 5.84. The van der Waals surface area contributed by atoms with Crippen molar-refractivity contribution >= 4 is 12.0 Å². The van der Waals surface area contributed by atoms with Gasteiger partial charge in [-0.1, -0.05) is 0 Å². The molecule has 0 spiro atoms. The maximum Gasteiger partial charge on any atom is 0.356 e. The van der Waals surface area contributed by atoms with Crippen LogP contribution in [0.4, 0.5) is 4.79 Å². The Hall–Kier alpha value is -2.05. The van der Waals surface area contributed by atoms with Gasteiger partial charge in [-0.3, -0.25) is 0 Å². The van der Waals surface area contributed by atoms with Crippen molar-refractivity contribution in [1.82, 2.24) is 20.2 Å². The molecule has 3 N–H and O–H groups in total. The molecule has 1 aromatic rings. The van der Waals surface area contributed by atoms with Crippen LogP contribution in [0.15, 0.2) is 12.5 Å². The van der Waals surface area contributed by atoms with Crippen molar-refractivity contribution in [2.75, 3.05) is 13.6 Å². The van der Waals surface area contributed by atoms with Crippen LogP contribution in [0.3, 0.4) is 0 Å². The summed E-state index contributed by atoms with van der Waals surface area (Å²) in [6, 6.07) is -0.270. The van der Waals surface area contributed by atoms with Gasteiger partial charge < -0.3 is 20.3 Å². The lowest BCUT2D eigenvalue weighted by molar-refractivity contribution is 0.0691. The number of carboxylic acids is 1. The Bertz CT molecular complexity index is 361. The summed E-state index contributed by atoms with van der Waals surface area (Å²) in [5, 5.41) is 13.6. The fraction of sp³-hybridized carbons (Fsp3) is 0.375. The molecule has 0 saturated carbocycles. The number of nitrogens with zero attached hydrogens (tertiary/aromatic N) is 2. The van der Waals surface area contributed by atoms with Gasteiger partial charge in [-0.2, -0.15) is 0 Å². The Kier molecular flexibility index (Phi) is 3.67. The molecule has 0 atom stereocenters. The fourth-order valence-electron chi connectivity index (χ4n) is 0.980. The zero-order chi connectivity index (χ0) is 11.3. The number of nitrogens with one attached hydrogen (secondary N) is 2. The number of hydrogen-bond donors (Lipinski definition) is 3. The van der Waals surface area contributed by atoms with Gasteiger partial charge in [0.25, 0.3) is 0 Å². The van der Waals surface area contributed by atoms with Gasteiger partial charge in [0.05, 0.1) is 6.33 Å². The molecule has 0 saturated heterocycles. The van der Waals surface area contributed by atoms with Gasteiger partial charge in [0.15, 0.2) is 5.69 Å². The van der Waals surface area contributed by atoms with Crippen LogP contribution >= 0.6 is 0 Å². The monoisotopic (exact) mass is 212 g/mol. The summed E-state index contributed by atoms with van der Waals surface area (Å²) in [5.41, 5.74) is -0.00468. The molecular formula is C8H12N4O3. The number of hydrogen-bond acceptors (Lipinski definition) is 3. The first-order valence-electron chi connectivity index (χ1n) is 4.34. The average molecular weight is 212 g/mol. The van der Waals surface area contributed by atoms with Gasteiger partial charge in [-0.25, -0.2) is 14.6 Å². The maximum absolute atomic E-state index is 10.8. The topological polar surface area (TPSA) is 96.3 Å². The van der Waals surface area contributed by atoms with E-state index in [2.05, 4.69) is 15.6 Å². The Morgan fingerprint density at radius 3 is 2.87 bits per heavy atom. The summed E-state index contributed by atoms with van der Waals surface area (Å²) in [6.07, 6.45) is 2.82. The minimum absolute atomic E-state index is 0.00468. The summed E-state index contributed by atoms with van der Waals surface area (Å²) in [6.45, 7) is 0.892. The molecule has 1 heterocycles. The molecule has 0 aliphatic heterocycles. The van der Waals surface area contributed by atoms with Gasteiger partial charge in [-0.15, -0.1) is 0 Å². The first-order valence-corrected chi connectivity index (χ1v) is 4.34. The Morgan fingerprint density at radius 1 is 1.60 bits per heavy atom. The summed E-state index contributed by atoms with van der Waals surface area (Å²) < 4.78 is 1.60. The number of urea groups is 1. The Morgan fingerprint density at radius 2 is 2.33 bits per heavy atom. The van der Waals surface area contributed by atoms with E-state index < -0.39 is 5.97 Å². The van der Waals surface area contributed by atoms with Crippen LogP contribution < -0.4 is 10.6 Å². The van der Waals surface area contributed by atoms with E-state index in [4.69, 9.17) is 5.11 Å². The second-order valence-electron chi connectivity index (χ2n) is 2.81. The molecule has 1 aromatic heterocycles. The van der Waals surface area contributed by atoms with E-state index in [-0.39, 0.29) is 11.7 Å². The molecule has 7 nitrogen and oxygen atoms in total. The molecule has 15 heavy (non-hydrogen) atoms. The van der Waals surface area contributed by atoms with Crippen molar-refractivity contribution in [3.05, 3.63) is 18.2 Å². The summed E-state index contributed by atoms with van der Waals surface area (Å²) in [4.78, 5) is 24.9. The number of aromatic nitrogens is 2. The molecule has 1 rings (SSSR count). The van der Waals surface area contributed by atoms with Crippen molar-refractivity contribution < 1.29 is 14.7 Å². The summed E-state index contributed by atoms with van der Waals surface area (Å²) >= 11 is 0. The van der Waals surface area contributed by atoms with Gasteiger partial charge >= 0.3 is 12.0 Å². The fourth-order valence-corrected chi connectivity index (χ4v) is 0.980. The van der Waals surface area contributed by atoms with Crippen LogP contribution in [0, 0.1) is 0 Å². The predicted octanol–water partition coefficient (Wildman–Crippen LogP) is -0.490. The number of imidazole rings is 1. The highest BCUT2D eigenvalue weighted by Gasteiger charge is 2.05. The van der Waals surface area contributed by atoms with Crippen LogP contribution in [0.25, 0.3) is 0 Å². The average Bonchev–Trinajstić information content (AvgIpc) is 2.66. The molecule has 0 unspecified atom stereocenters. The van der Waals surface area contributed by atoms with E-state index in [1.54, 1.807) is 4.57 Å². The molecule has 0 aliphatic rings. The number of aromatic carboxylic acids is 1. The van der Waals surface area contributed by atoms with E-state index in [9.17, 15) is 9.59 Å². The van der Waals surface area contributed by atoms with E-state index in [0.717, 1.165) is 0 Å². The van der Waals surface area contributed by atoms with Crippen LogP contribution in [-0.4, -0.2) is 40.3 Å². The first-order chi connectivity index (χ1) is 7.13. The molecular weight excluding hydrogens is 200 g/mol. The van der Waals surface area contributed by atoms with E-state index in [0.29, 0.717) is 13.1 Å². The van der Waals surface area contributed by atoms with E-state index >= 15 is 0 Å². The van der Waals surface area contributed by atoms with Crippen molar-refractivity contribution in [3.63, 3.8) is 0 Å². The van der Waals surface area contributed by atoms with Gasteiger partial charge in [0.2, 0.25) is 0 Å². The third-order valence-corrected chi connectivity index (χ3v) is 1.73. The smallest absolute Gasteiger partial charge is 0.356 e. The predicted molar refractivity (Wildman–Crippen MR) is 51.6 cm³/mol. The highest BCUT2D eigenvalue weighted by Crippen LogP contribution is 1.94. The SMILES string of the molecule is CNC(=O)NCCn1cnc(C(=O)O)c1. The number of carbonyl (C=O) groups excluding carboxylic acids is 1. The number of carboxylic acid groups (broad SMARTS) is 1. The lowest BCUT2D eigenvalue weighted by Crippen LogP contribution is -2.34. The summed E-state index contributed by atoms with van der Waals surface area (Å²) in [7, 11) is 1.52. The largest absolute Gasteiger partial charge is 0.476 e. The highest BCUT2D eigenvalue weighted by atomic mass is 16.4. The minimum Gasteiger partial charge on any atom is -0.476 e. The van der Waals surface area contributed by atoms with Gasteiger partial charge in [-0.05, 0) is 0 Å². The van der Waals surface area contributed by atoms with Crippen LogP contribution in [0.2, 0.25) is 0 Å². The first kappa shape index (κ1) is 11.0. The van der Waals surface area contributed by atoms with Crippen molar-refractivity contribution in [2.24, 2.45) is 0 Å². The number of rotatable bonds is 4. The Labute approximate surface area is 86.1 Å². The van der Waals surface area contributed by atoms with E-state index in [1.807, 2.05) is 0 Å².